The van der Waals surface area contributed by atoms with Crippen LogP contribution in [0.15, 0.2) is 12.1 Å². The minimum absolute atomic E-state index is 0.0431. The van der Waals surface area contributed by atoms with E-state index in [0.29, 0.717) is 0 Å². The first-order valence-electron chi connectivity index (χ1n) is 3.40. The number of nitrogen functional groups attached to an aromatic ring is 2. The molecule has 1 aromatic carbocycles. The topological polar surface area (TPSA) is 61.3 Å². The molecule has 0 aliphatic rings. The van der Waals surface area contributed by atoms with Crippen molar-refractivity contribution in [2.24, 2.45) is 0 Å². The Hall–Kier alpha value is -1.30. The van der Waals surface area contributed by atoms with Crippen LogP contribution in [0.5, 0.6) is 5.75 Å². The molecule has 0 amide bonds. The summed E-state index contributed by atoms with van der Waals surface area (Å²) in [5.41, 5.74) is 10.4. The van der Waals surface area contributed by atoms with Crippen LogP contribution >= 0.6 is 11.6 Å². The van der Waals surface area contributed by atoms with Gasteiger partial charge in [0.2, 0.25) is 0 Å². The first-order valence-corrected chi connectivity index (χ1v) is 3.77. The summed E-state index contributed by atoms with van der Waals surface area (Å²) in [7, 11) is 0. The summed E-state index contributed by atoms with van der Waals surface area (Å²) in [5.74, 6) is -0.559. The molecule has 0 spiro atoms. The Bertz CT molecular complexity index is 354. The van der Waals surface area contributed by atoms with Gasteiger partial charge in [-0.1, -0.05) is 11.6 Å². The van der Waals surface area contributed by atoms with Gasteiger partial charge in [-0.05, 0) is 6.07 Å². The molecule has 0 aliphatic heterocycles. The number of hydrogen-bond acceptors (Lipinski definition) is 3. The lowest BCUT2D eigenvalue weighted by molar-refractivity contribution is -0.274. The normalized spacial score (nSPS) is 11.4. The minimum atomic E-state index is -4.80. The number of hydrogen-bond donors (Lipinski definition) is 2. The van der Waals surface area contributed by atoms with Crippen LogP contribution in [0.1, 0.15) is 0 Å². The molecule has 1 rings (SSSR count). The number of nitrogens with two attached hydrogens (primary N) is 2. The van der Waals surface area contributed by atoms with Crippen molar-refractivity contribution in [1.82, 2.24) is 0 Å². The predicted octanol–water partition coefficient (Wildman–Crippen LogP) is 2.40. The van der Waals surface area contributed by atoms with E-state index in [1.807, 2.05) is 0 Å². The van der Waals surface area contributed by atoms with Crippen LogP contribution in [0.3, 0.4) is 0 Å². The highest BCUT2D eigenvalue weighted by molar-refractivity contribution is 6.33. The SMILES string of the molecule is Nc1cc(N)c(OC(F)(F)F)cc1Cl. The van der Waals surface area contributed by atoms with Crippen molar-refractivity contribution >= 4 is 23.0 Å². The highest BCUT2D eigenvalue weighted by Gasteiger charge is 2.32. The van der Waals surface area contributed by atoms with Crippen molar-refractivity contribution in [2.75, 3.05) is 11.5 Å². The molecule has 0 bridgehead atoms. The lowest BCUT2D eigenvalue weighted by Crippen LogP contribution is -2.18. The van der Waals surface area contributed by atoms with Crippen LogP contribution in [-0.2, 0) is 0 Å². The van der Waals surface area contributed by atoms with Crippen molar-refractivity contribution in [3.05, 3.63) is 17.2 Å². The smallest absolute Gasteiger partial charge is 0.404 e. The van der Waals surface area contributed by atoms with Gasteiger partial charge in [-0.3, -0.25) is 0 Å². The van der Waals surface area contributed by atoms with E-state index < -0.39 is 12.1 Å². The third kappa shape index (κ3) is 2.59. The van der Waals surface area contributed by atoms with Gasteiger partial charge in [-0.15, -0.1) is 13.2 Å². The molecule has 0 fully saturated rings. The average Bonchev–Trinajstić information content (AvgIpc) is 1.97. The average molecular weight is 227 g/mol. The van der Waals surface area contributed by atoms with E-state index >= 15 is 0 Å². The van der Waals surface area contributed by atoms with E-state index in [2.05, 4.69) is 4.74 Å². The molecular formula is C7H6ClF3N2O. The molecule has 0 aliphatic carbocycles. The zero-order valence-corrected chi connectivity index (χ0v) is 7.49. The zero-order chi connectivity index (χ0) is 10.9. The lowest BCUT2D eigenvalue weighted by Gasteiger charge is -2.11. The first kappa shape index (κ1) is 10.8. The summed E-state index contributed by atoms with van der Waals surface area (Å²) < 4.78 is 39.0. The van der Waals surface area contributed by atoms with Crippen LogP contribution in [-0.4, -0.2) is 6.36 Å². The molecule has 0 heterocycles. The molecule has 0 atom stereocenters. The Kier molecular flexibility index (Phi) is 2.66. The fraction of sp³-hybridized carbons (Fsp3) is 0.143. The molecular weight excluding hydrogens is 221 g/mol. The maximum absolute atomic E-state index is 11.8. The van der Waals surface area contributed by atoms with Gasteiger partial charge in [-0.25, -0.2) is 0 Å². The molecule has 0 aromatic heterocycles. The first-order chi connectivity index (χ1) is 6.29. The summed E-state index contributed by atoms with van der Waals surface area (Å²) >= 11 is 5.49. The second-order valence-corrected chi connectivity index (χ2v) is 2.87. The summed E-state index contributed by atoms with van der Waals surface area (Å²) in [6.45, 7) is 0. The lowest BCUT2D eigenvalue weighted by atomic mass is 10.2. The number of ether oxygens (including phenoxy) is 1. The molecule has 78 valence electrons. The van der Waals surface area contributed by atoms with Gasteiger partial charge in [0.1, 0.15) is 0 Å². The molecule has 0 radical (unpaired) electrons. The summed E-state index contributed by atoms with van der Waals surface area (Å²) in [5, 5.41) is -0.0431. The van der Waals surface area contributed by atoms with Crippen LogP contribution in [0, 0.1) is 0 Å². The highest BCUT2D eigenvalue weighted by atomic mass is 35.5. The predicted molar refractivity (Wildman–Crippen MR) is 47.0 cm³/mol. The van der Waals surface area contributed by atoms with E-state index in [1.165, 1.54) is 0 Å². The van der Waals surface area contributed by atoms with Crippen LogP contribution in [0.2, 0.25) is 5.02 Å². The molecule has 1 aromatic rings. The van der Waals surface area contributed by atoms with Gasteiger partial charge in [-0.2, -0.15) is 0 Å². The summed E-state index contributed by atoms with van der Waals surface area (Å²) in [4.78, 5) is 0. The fourth-order valence-electron chi connectivity index (χ4n) is 0.802. The maximum atomic E-state index is 11.8. The maximum Gasteiger partial charge on any atom is 0.573 e. The van der Waals surface area contributed by atoms with Crippen molar-refractivity contribution in [3.63, 3.8) is 0 Å². The molecule has 14 heavy (non-hydrogen) atoms. The number of halogens is 4. The standard InChI is InChI=1S/C7H6ClF3N2O/c8-3-1-6(14-7(9,10)11)5(13)2-4(3)12/h1-2H,12-13H2. The van der Waals surface area contributed by atoms with E-state index in [-0.39, 0.29) is 16.4 Å². The quantitative estimate of drug-likeness (QED) is 0.723. The molecule has 0 unspecified atom stereocenters. The van der Waals surface area contributed by atoms with Crippen molar-refractivity contribution in [2.45, 2.75) is 6.36 Å². The van der Waals surface area contributed by atoms with Crippen molar-refractivity contribution < 1.29 is 17.9 Å². The Morgan fingerprint density at radius 3 is 2.21 bits per heavy atom. The summed E-state index contributed by atoms with van der Waals surface area (Å²) in [6, 6.07) is 2.02. The van der Waals surface area contributed by atoms with E-state index in [0.717, 1.165) is 12.1 Å². The van der Waals surface area contributed by atoms with Crippen molar-refractivity contribution in [1.29, 1.82) is 0 Å². The number of alkyl halides is 3. The van der Waals surface area contributed by atoms with Gasteiger partial charge >= 0.3 is 6.36 Å². The Labute approximate surface area is 82.4 Å². The minimum Gasteiger partial charge on any atom is -0.404 e. The monoisotopic (exact) mass is 226 g/mol. The fourth-order valence-corrected chi connectivity index (χ4v) is 0.956. The Morgan fingerprint density at radius 2 is 1.71 bits per heavy atom. The van der Waals surface area contributed by atoms with Gasteiger partial charge in [0.05, 0.1) is 16.4 Å². The van der Waals surface area contributed by atoms with E-state index in [1.54, 1.807) is 0 Å². The molecule has 7 heteroatoms. The van der Waals surface area contributed by atoms with Gasteiger partial charge < -0.3 is 16.2 Å². The summed E-state index contributed by atoms with van der Waals surface area (Å²) in [6.07, 6.45) is -4.80. The van der Waals surface area contributed by atoms with E-state index in [9.17, 15) is 13.2 Å². The Morgan fingerprint density at radius 1 is 1.14 bits per heavy atom. The molecule has 3 nitrogen and oxygen atoms in total. The number of benzene rings is 1. The second kappa shape index (κ2) is 3.45. The largest absolute Gasteiger partial charge is 0.573 e. The number of rotatable bonds is 1. The molecule has 0 saturated heterocycles. The molecule has 0 saturated carbocycles. The Balaban J connectivity index is 3.04. The molecule has 4 N–H and O–H groups in total. The number of anilines is 2. The third-order valence-corrected chi connectivity index (χ3v) is 1.68. The van der Waals surface area contributed by atoms with Crippen LogP contribution < -0.4 is 16.2 Å². The van der Waals surface area contributed by atoms with E-state index in [4.69, 9.17) is 23.1 Å². The highest BCUT2D eigenvalue weighted by Crippen LogP contribution is 2.34. The van der Waals surface area contributed by atoms with Crippen LogP contribution in [0.25, 0.3) is 0 Å². The second-order valence-electron chi connectivity index (χ2n) is 2.46. The van der Waals surface area contributed by atoms with Crippen molar-refractivity contribution in [3.8, 4) is 5.75 Å². The van der Waals surface area contributed by atoms with Gasteiger partial charge in [0, 0.05) is 6.07 Å². The van der Waals surface area contributed by atoms with Gasteiger partial charge in [0.25, 0.3) is 0 Å². The third-order valence-electron chi connectivity index (χ3n) is 1.35. The van der Waals surface area contributed by atoms with Gasteiger partial charge in [0.15, 0.2) is 5.75 Å². The zero-order valence-electron chi connectivity index (χ0n) is 6.73. The van der Waals surface area contributed by atoms with Crippen LogP contribution in [0.4, 0.5) is 24.5 Å².